The van der Waals surface area contributed by atoms with Crippen molar-refractivity contribution in [3.05, 3.63) is 64.1 Å². The lowest BCUT2D eigenvalue weighted by Crippen LogP contribution is -2.36. The zero-order valence-corrected chi connectivity index (χ0v) is 13.0. The minimum atomic E-state index is -0.754. The van der Waals surface area contributed by atoms with Crippen LogP contribution in [0.3, 0.4) is 0 Å². The SMILES string of the molecule is O=C(c1ccc([N+](=O)[O-])cc1)N1CCCC1CC(O)c1ccco1. The van der Waals surface area contributed by atoms with E-state index in [9.17, 15) is 20.0 Å². The highest BCUT2D eigenvalue weighted by molar-refractivity contribution is 5.94. The van der Waals surface area contributed by atoms with Crippen molar-refractivity contribution in [3.63, 3.8) is 0 Å². The molecule has 7 heteroatoms. The maximum Gasteiger partial charge on any atom is 0.269 e. The van der Waals surface area contributed by atoms with Gasteiger partial charge in [0, 0.05) is 36.7 Å². The molecule has 0 bridgehead atoms. The minimum Gasteiger partial charge on any atom is -0.467 e. The summed E-state index contributed by atoms with van der Waals surface area (Å²) >= 11 is 0. The number of rotatable bonds is 5. The third-order valence-electron chi connectivity index (χ3n) is 4.33. The molecule has 2 heterocycles. The van der Waals surface area contributed by atoms with Gasteiger partial charge in [0.05, 0.1) is 11.2 Å². The van der Waals surface area contributed by atoms with Crippen molar-refractivity contribution >= 4 is 11.6 Å². The molecule has 1 N–H and O–H groups in total. The molecular formula is C17H18N2O5. The summed E-state index contributed by atoms with van der Waals surface area (Å²) < 4.78 is 5.20. The van der Waals surface area contributed by atoms with Crippen LogP contribution in [0.4, 0.5) is 5.69 Å². The highest BCUT2D eigenvalue weighted by atomic mass is 16.6. The molecule has 7 nitrogen and oxygen atoms in total. The Labute approximate surface area is 138 Å². The predicted molar refractivity (Wildman–Crippen MR) is 85.4 cm³/mol. The van der Waals surface area contributed by atoms with E-state index in [0.717, 1.165) is 12.8 Å². The van der Waals surface area contributed by atoms with Gasteiger partial charge in [-0.25, -0.2) is 0 Å². The van der Waals surface area contributed by atoms with E-state index < -0.39 is 11.0 Å². The van der Waals surface area contributed by atoms with E-state index in [0.29, 0.717) is 24.3 Å². The van der Waals surface area contributed by atoms with Crippen LogP contribution >= 0.6 is 0 Å². The average molecular weight is 330 g/mol. The van der Waals surface area contributed by atoms with Crippen LogP contribution in [-0.2, 0) is 0 Å². The third-order valence-corrected chi connectivity index (χ3v) is 4.33. The molecule has 1 aliphatic heterocycles. The normalized spacial score (nSPS) is 18.5. The topological polar surface area (TPSA) is 96.8 Å². The first-order chi connectivity index (χ1) is 11.6. The summed E-state index contributed by atoms with van der Waals surface area (Å²) in [6, 6.07) is 8.95. The van der Waals surface area contributed by atoms with Gasteiger partial charge < -0.3 is 14.4 Å². The van der Waals surface area contributed by atoms with Crippen molar-refractivity contribution < 1.29 is 19.2 Å². The van der Waals surface area contributed by atoms with Crippen molar-refractivity contribution in [2.45, 2.75) is 31.4 Å². The second kappa shape index (κ2) is 6.84. The van der Waals surface area contributed by atoms with Gasteiger partial charge in [-0.2, -0.15) is 0 Å². The van der Waals surface area contributed by atoms with Crippen molar-refractivity contribution in [2.75, 3.05) is 6.54 Å². The standard InChI is InChI=1S/C17H18N2O5/c20-15(16-4-2-10-24-16)11-14-3-1-9-18(14)17(21)12-5-7-13(8-6-12)19(22)23/h2,4-8,10,14-15,20H,1,3,9,11H2. The number of nitrogens with zero attached hydrogens (tertiary/aromatic N) is 2. The Morgan fingerprint density at radius 1 is 1.38 bits per heavy atom. The third kappa shape index (κ3) is 3.30. The molecule has 1 saturated heterocycles. The Hall–Kier alpha value is -2.67. The van der Waals surface area contributed by atoms with Gasteiger partial charge in [-0.3, -0.25) is 14.9 Å². The highest BCUT2D eigenvalue weighted by Crippen LogP contribution is 2.29. The maximum atomic E-state index is 12.7. The number of aliphatic hydroxyl groups excluding tert-OH is 1. The van der Waals surface area contributed by atoms with Crippen molar-refractivity contribution in [1.29, 1.82) is 0 Å². The van der Waals surface area contributed by atoms with E-state index in [1.165, 1.54) is 30.5 Å². The summed E-state index contributed by atoms with van der Waals surface area (Å²) in [6.07, 6.45) is 2.85. The summed E-state index contributed by atoms with van der Waals surface area (Å²) in [5.41, 5.74) is 0.373. The Balaban J connectivity index is 1.70. The van der Waals surface area contributed by atoms with Crippen LogP contribution in [0.5, 0.6) is 0 Å². The smallest absolute Gasteiger partial charge is 0.269 e. The van der Waals surface area contributed by atoms with Crippen LogP contribution in [0.25, 0.3) is 0 Å². The zero-order valence-electron chi connectivity index (χ0n) is 13.0. The van der Waals surface area contributed by atoms with E-state index in [4.69, 9.17) is 4.42 Å². The number of aliphatic hydroxyl groups is 1. The summed E-state index contributed by atoms with van der Waals surface area (Å²) in [4.78, 5) is 24.6. The Bertz CT molecular complexity index is 711. The minimum absolute atomic E-state index is 0.0437. The fourth-order valence-electron chi connectivity index (χ4n) is 3.09. The molecular weight excluding hydrogens is 312 g/mol. The Morgan fingerprint density at radius 3 is 2.75 bits per heavy atom. The number of nitro benzene ring substituents is 1. The second-order valence-electron chi connectivity index (χ2n) is 5.87. The molecule has 0 aliphatic carbocycles. The lowest BCUT2D eigenvalue weighted by Gasteiger charge is -2.26. The van der Waals surface area contributed by atoms with Gasteiger partial charge >= 0.3 is 0 Å². The van der Waals surface area contributed by atoms with Crippen LogP contribution < -0.4 is 0 Å². The molecule has 24 heavy (non-hydrogen) atoms. The quantitative estimate of drug-likeness (QED) is 0.671. The first-order valence-corrected chi connectivity index (χ1v) is 7.83. The largest absolute Gasteiger partial charge is 0.467 e. The molecule has 2 atom stereocenters. The fraction of sp³-hybridized carbons (Fsp3) is 0.353. The number of furan rings is 1. The molecule has 1 fully saturated rings. The monoisotopic (exact) mass is 330 g/mol. The van der Waals surface area contributed by atoms with Crippen molar-refractivity contribution in [3.8, 4) is 0 Å². The summed E-state index contributed by atoms with van der Waals surface area (Å²) in [6.45, 7) is 0.616. The van der Waals surface area contributed by atoms with Crippen LogP contribution in [0.15, 0.2) is 47.1 Å². The molecule has 0 spiro atoms. The van der Waals surface area contributed by atoms with E-state index in [-0.39, 0.29) is 17.6 Å². The molecule has 3 rings (SSSR count). The molecule has 1 aromatic carbocycles. The first kappa shape index (κ1) is 16.2. The van der Waals surface area contributed by atoms with Gasteiger partial charge in [0.2, 0.25) is 0 Å². The maximum absolute atomic E-state index is 12.7. The van der Waals surface area contributed by atoms with Gasteiger partial charge in [-0.15, -0.1) is 0 Å². The van der Waals surface area contributed by atoms with Gasteiger partial charge in [-0.1, -0.05) is 0 Å². The Morgan fingerprint density at radius 2 is 2.12 bits per heavy atom. The number of carbonyl (C=O) groups excluding carboxylic acids is 1. The lowest BCUT2D eigenvalue weighted by atomic mass is 10.0. The highest BCUT2D eigenvalue weighted by Gasteiger charge is 2.32. The van der Waals surface area contributed by atoms with Gasteiger partial charge in [0.25, 0.3) is 11.6 Å². The number of benzene rings is 1. The number of nitro groups is 1. The van der Waals surface area contributed by atoms with Crippen molar-refractivity contribution in [2.24, 2.45) is 0 Å². The average Bonchev–Trinajstić information content (AvgIpc) is 3.26. The van der Waals surface area contributed by atoms with Crippen LogP contribution in [-0.4, -0.2) is 33.4 Å². The van der Waals surface area contributed by atoms with Crippen molar-refractivity contribution in [1.82, 2.24) is 4.90 Å². The second-order valence-corrected chi connectivity index (χ2v) is 5.87. The zero-order chi connectivity index (χ0) is 17.1. The predicted octanol–water partition coefficient (Wildman–Crippen LogP) is 2.92. The summed E-state index contributed by atoms with van der Waals surface area (Å²) in [7, 11) is 0. The molecule has 126 valence electrons. The van der Waals surface area contributed by atoms with E-state index in [1.54, 1.807) is 17.0 Å². The van der Waals surface area contributed by atoms with E-state index in [2.05, 4.69) is 0 Å². The molecule has 1 amide bonds. The molecule has 2 unspecified atom stereocenters. The van der Waals surface area contributed by atoms with Gasteiger partial charge in [-0.05, 0) is 37.1 Å². The van der Waals surface area contributed by atoms with Crippen LogP contribution in [0.2, 0.25) is 0 Å². The number of non-ortho nitro benzene ring substituents is 1. The molecule has 0 saturated carbocycles. The molecule has 1 aliphatic rings. The van der Waals surface area contributed by atoms with Crippen LogP contribution in [0.1, 0.15) is 41.5 Å². The Kier molecular flexibility index (Phi) is 4.61. The number of carbonyl (C=O) groups is 1. The summed E-state index contributed by atoms with van der Waals surface area (Å²) in [5, 5.41) is 20.9. The fourth-order valence-corrected chi connectivity index (χ4v) is 3.09. The van der Waals surface area contributed by atoms with E-state index >= 15 is 0 Å². The number of hydrogen-bond acceptors (Lipinski definition) is 5. The lowest BCUT2D eigenvalue weighted by molar-refractivity contribution is -0.384. The van der Waals surface area contributed by atoms with Crippen LogP contribution in [0, 0.1) is 10.1 Å². The molecule has 1 aromatic heterocycles. The van der Waals surface area contributed by atoms with Gasteiger partial charge in [0.1, 0.15) is 11.9 Å². The molecule has 2 aromatic rings. The number of hydrogen-bond donors (Lipinski definition) is 1. The summed E-state index contributed by atoms with van der Waals surface area (Å²) in [5.74, 6) is 0.323. The molecule has 0 radical (unpaired) electrons. The first-order valence-electron chi connectivity index (χ1n) is 7.83. The van der Waals surface area contributed by atoms with E-state index in [1.807, 2.05) is 0 Å². The van der Waals surface area contributed by atoms with Gasteiger partial charge in [0.15, 0.2) is 0 Å². The number of likely N-dealkylation sites (tertiary alicyclic amines) is 1. The number of amides is 1.